The van der Waals surface area contributed by atoms with E-state index in [2.05, 4.69) is 31.0 Å². The predicted octanol–water partition coefficient (Wildman–Crippen LogP) is 2.35. The van der Waals surface area contributed by atoms with Crippen molar-refractivity contribution < 1.29 is 0 Å². The van der Waals surface area contributed by atoms with Crippen LogP contribution in [0.5, 0.6) is 0 Å². The Morgan fingerprint density at radius 1 is 1.19 bits per heavy atom. The van der Waals surface area contributed by atoms with Crippen LogP contribution in [0.25, 0.3) is 0 Å². The number of hydrogen-bond donors (Lipinski definition) is 1. The summed E-state index contributed by atoms with van der Waals surface area (Å²) < 4.78 is 0. The van der Waals surface area contributed by atoms with Crippen LogP contribution in [0.15, 0.2) is 0 Å². The molecule has 3 atom stereocenters. The molecule has 0 aromatic rings. The summed E-state index contributed by atoms with van der Waals surface area (Å²) >= 11 is 0. The second-order valence-electron chi connectivity index (χ2n) is 6.00. The quantitative estimate of drug-likeness (QED) is 0.771. The SMILES string of the molecule is CCNC(CN1CCC(C)C(C)C1)C1CC1. The topological polar surface area (TPSA) is 15.3 Å². The third-order valence-electron chi connectivity index (χ3n) is 4.53. The highest BCUT2D eigenvalue weighted by atomic mass is 15.2. The van der Waals surface area contributed by atoms with Gasteiger partial charge in [0.05, 0.1) is 0 Å². The van der Waals surface area contributed by atoms with E-state index in [0.717, 1.165) is 30.3 Å². The fourth-order valence-corrected chi connectivity index (χ4v) is 2.93. The molecule has 1 N–H and O–H groups in total. The molecule has 16 heavy (non-hydrogen) atoms. The Kier molecular flexibility index (Phi) is 4.26. The van der Waals surface area contributed by atoms with Crippen molar-refractivity contribution in [1.82, 2.24) is 10.2 Å². The van der Waals surface area contributed by atoms with Crippen molar-refractivity contribution in [2.24, 2.45) is 17.8 Å². The summed E-state index contributed by atoms with van der Waals surface area (Å²) in [6.45, 7) is 12.1. The molecule has 2 fully saturated rings. The van der Waals surface area contributed by atoms with E-state index in [0.29, 0.717) is 0 Å². The summed E-state index contributed by atoms with van der Waals surface area (Å²) in [5, 5.41) is 3.68. The molecule has 2 aliphatic rings. The molecule has 1 aliphatic carbocycles. The van der Waals surface area contributed by atoms with Gasteiger partial charge in [-0.3, -0.25) is 0 Å². The largest absolute Gasteiger partial charge is 0.313 e. The molecule has 1 heterocycles. The van der Waals surface area contributed by atoms with Gasteiger partial charge in [0.1, 0.15) is 0 Å². The minimum absolute atomic E-state index is 0.769. The first-order valence-corrected chi connectivity index (χ1v) is 7.16. The van der Waals surface area contributed by atoms with E-state index < -0.39 is 0 Å². The fraction of sp³-hybridized carbons (Fsp3) is 1.00. The summed E-state index contributed by atoms with van der Waals surface area (Å²) in [7, 11) is 0. The van der Waals surface area contributed by atoms with Gasteiger partial charge in [0.25, 0.3) is 0 Å². The summed E-state index contributed by atoms with van der Waals surface area (Å²) in [4.78, 5) is 2.69. The first-order valence-electron chi connectivity index (χ1n) is 7.16. The number of rotatable bonds is 5. The number of nitrogens with zero attached hydrogens (tertiary/aromatic N) is 1. The molecule has 0 radical (unpaired) electrons. The van der Waals surface area contributed by atoms with Gasteiger partial charge in [-0.05, 0) is 50.1 Å². The molecule has 2 rings (SSSR count). The zero-order valence-electron chi connectivity index (χ0n) is 11.2. The first kappa shape index (κ1) is 12.4. The van der Waals surface area contributed by atoms with Gasteiger partial charge in [0, 0.05) is 19.1 Å². The minimum atomic E-state index is 0.769. The highest BCUT2D eigenvalue weighted by Gasteiger charge is 2.33. The second kappa shape index (κ2) is 5.50. The number of likely N-dealkylation sites (N-methyl/N-ethyl adjacent to an activating group) is 1. The van der Waals surface area contributed by atoms with Gasteiger partial charge in [-0.15, -0.1) is 0 Å². The average Bonchev–Trinajstić information content (AvgIpc) is 3.06. The highest BCUT2D eigenvalue weighted by molar-refractivity contribution is 4.89. The molecule has 0 aromatic heterocycles. The number of nitrogens with one attached hydrogen (secondary N) is 1. The smallest absolute Gasteiger partial charge is 0.0223 e. The Morgan fingerprint density at radius 2 is 1.94 bits per heavy atom. The number of hydrogen-bond acceptors (Lipinski definition) is 2. The van der Waals surface area contributed by atoms with E-state index in [-0.39, 0.29) is 0 Å². The highest BCUT2D eigenvalue weighted by Crippen LogP contribution is 2.33. The van der Waals surface area contributed by atoms with Crippen molar-refractivity contribution in [3.8, 4) is 0 Å². The molecule has 3 unspecified atom stereocenters. The van der Waals surface area contributed by atoms with Gasteiger partial charge in [-0.25, -0.2) is 0 Å². The van der Waals surface area contributed by atoms with E-state index >= 15 is 0 Å². The number of piperidine rings is 1. The van der Waals surface area contributed by atoms with Crippen LogP contribution in [0.2, 0.25) is 0 Å². The zero-order chi connectivity index (χ0) is 11.5. The third-order valence-corrected chi connectivity index (χ3v) is 4.53. The van der Waals surface area contributed by atoms with Crippen molar-refractivity contribution in [2.45, 2.75) is 46.1 Å². The van der Waals surface area contributed by atoms with Crippen LogP contribution < -0.4 is 5.32 Å². The lowest BCUT2D eigenvalue weighted by Gasteiger charge is -2.37. The Hall–Kier alpha value is -0.0800. The molecule has 0 bridgehead atoms. The maximum atomic E-state index is 3.68. The zero-order valence-corrected chi connectivity index (χ0v) is 11.2. The lowest BCUT2D eigenvalue weighted by atomic mass is 9.88. The van der Waals surface area contributed by atoms with Gasteiger partial charge in [-0.2, -0.15) is 0 Å². The summed E-state index contributed by atoms with van der Waals surface area (Å²) in [6.07, 6.45) is 4.31. The lowest BCUT2D eigenvalue weighted by molar-refractivity contribution is 0.123. The van der Waals surface area contributed by atoms with Crippen LogP contribution in [0.4, 0.5) is 0 Å². The van der Waals surface area contributed by atoms with Crippen LogP contribution in [-0.2, 0) is 0 Å². The number of likely N-dealkylation sites (tertiary alicyclic amines) is 1. The molecule has 0 amide bonds. The maximum absolute atomic E-state index is 3.68. The van der Waals surface area contributed by atoms with E-state index in [4.69, 9.17) is 0 Å². The molecular formula is C14H28N2. The Balaban J connectivity index is 1.78. The first-order chi connectivity index (χ1) is 7.70. The van der Waals surface area contributed by atoms with E-state index in [1.54, 1.807) is 0 Å². The molecule has 2 nitrogen and oxygen atoms in total. The van der Waals surface area contributed by atoms with Crippen LogP contribution in [0, 0.1) is 17.8 Å². The Labute approximate surface area is 101 Å². The summed E-state index contributed by atoms with van der Waals surface area (Å²) in [5.41, 5.74) is 0. The van der Waals surface area contributed by atoms with Gasteiger partial charge in [0.15, 0.2) is 0 Å². The Bertz CT molecular complexity index is 213. The molecule has 0 spiro atoms. The van der Waals surface area contributed by atoms with E-state index in [1.807, 2.05) is 0 Å². The van der Waals surface area contributed by atoms with Crippen molar-refractivity contribution in [2.75, 3.05) is 26.2 Å². The predicted molar refractivity (Wildman–Crippen MR) is 69.6 cm³/mol. The second-order valence-corrected chi connectivity index (χ2v) is 6.00. The van der Waals surface area contributed by atoms with Crippen LogP contribution in [0.3, 0.4) is 0 Å². The van der Waals surface area contributed by atoms with Gasteiger partial charge >= 0.3 is 0 Å². The van der Waals surface area contributed by atoms with Crippen molar-refractivity contribution >= 4 is 0 Å². The molecule has 94 valence electrons. The molecule has 1 aliphatic heterocycles. The van der Waals surface area contributed by atoms with E-state index in [1.165, 1.54) is 38.9 Å². The molecular weight excluding hydrogens is 196 g/mol. The normalized spacial score (nSPS) is 33.9. The van der Waals surface area contributed by atoms with Gasteiger partial charge in [-0.1, -0.05) is 20.8 Å². The van der Waals surface area contributed by atoms with Crippen LogP contribution >= 0.6 is 0 Å². The average molecular weight is 224 g/mol. The lowest BCUT2D eigenvalue weighted by Crippen LogP contribution is -2.47. The minimum Gasteiger partial charge on any atom is -0.313 e. The van der Waals surface area contributed by atoms with Crippen molar-refractivity contribution in [3.63, 3.8) is 0 Å². The monoisotopic (exact) mass is 224 g/mol. The van der Waals surface area contributed by atoms with Gasteiger partial charge in [0.2, 0.25) is 0 Å². The third kappa shape index (κ3) is 3.21. The van der Waals surface area contributed by atoms with E-state index in [9.17, 15) is 0 Å². The molecule has 2 heteroatoms. The fourth-order valence-electron chi connectivity index (χ4n) is 2.93. The van der Waals surface area contributed by atoms with Gasteiger partial charge < -0.3 is 10.2 Å². The Morgan fingerprint density at radius 3 is 2.50 bits per heavy atom. The summed E-state index contributed by atoms with van der Waals surface area (Å²) in [6, 6.07) is 0.769. The summed E-state index contributed by atoms with van der Waals surface area (Å²) in [5.74, 6) is 2.79. The molecule has 0 aromatic carbocycles. The molecule has 1 saturated carbocycles. The molecule has 1 saturated heterocycles. The maximum Gasteiger partial charge on any atom is 0.0223 e. The van der Waals surface area contributed by atoms with Crippen molar-refractivity contribution in [3.05, 3.63) is 0 Å². The van der Waals surface area contributed by atoms with Crippen molar-refractivity contribution in [1.29, 1.82) is 0 Å². The standard InChI is InChI=1S/C14H28N2/c1-4-15-14(13-5-6-13)10-16-8-7-11(2)12(3)9-16/h11-15H,4-10H2,1-3H3. The van der Waals surface area contributed by atoms with Crippen LogP contribution in [-0.4, -0.2) is 37.1 Å². The van der Waals surface area contributed by atoms with Crippen LogP contribution in [0.1, 0.15) is 40.0 Å².